The van der Waals surface area contributed by atoms with Crippen LogP contribution >= 0.6 is 0 Å². The molecule has 1 rings (SSSR count). The molecule has 1 aliphatic carbocycles. The molecule has 1 saturated carbocycles. The van der Waals surface area contributed by atoms with Gasteiger partial charge in [0.25, 0.3) is 0 Å². The average Bonchev–Trinajstić information content (AvgIpc) is 2.82. The number of nitriles is 1. The van der Waals surface area contributed by atoms with Crippen LogP contribution in [0.2, 0.25) is 0 Å². The van der Waals surface area contributed by atoms with Crippen LogP contribution in [-0.4, -0.2) is 18.6 Å². The van der Waals surface area contributed by atoms with Crippen LogP contribution < -0.4 is 5.32 Å². The second-order valence-electron chi connectivity index (χ2n) is 4.53. The SMILES string of the molecule is CC(C#N)(NCCCN=[N+]=[N-])C1CCCC1. The Morgan fingerprint density at radius 1 is 1.56 bits per heavy atom. The molecule has 1 atom stereocenters. The number of nitrogens with one attached hydrogen (secondary N) is 1. The second kappa shape index (κ2) is 6.37. The second-order valence-corrected chi connectivity index (χ2v) is 4.53. The molecule has 1 fully saturated rings. The van der Waals surface area contributed by atoms with Crippen molar-refractivity contribution in [2.24, 2.45) is 11.0 Å². The van der Waals surface area contributed by atoms with Crippen LogP contribution in [0, 0.1) is 17.2 Å². The first kappa shape index (κ1) is 12.8. The standard InChI is InChI=1S/C11H19N5/c1-11(9-12,10-5-2-3-6-10)14-7-4-8-15-16-13/h10,14H,2-8H2,1H3. The Bertz CT molecular complexity index is 296. The van der Waals surface area contributed by atoms with Crippen LogP contribution in [0.5, 0.6) is 0 Å². The van der Waals surface area contributed by atoms with E-state index in [-0.39, 0.29) is 0 Å². The summed E-state index contributed by atoms with van der Waals surface area (Å²) in [5.41, 5.74) is 7.72. The van der Waals surface area contributed by atoms with Crippen molar-refractivity contribution in [2.75, 3.05) is 13.1 Å². The van der Waals surface area contributed by atoms with E-state index in [2.05, 4.69) is 21.4 Å². The third kappa shape index (κ3) is 3.41. The highest BCUT2D eigenvalue weighted by molar-refractivity contribution is 5.08. The van der Waals surface area contributed by atoms with Crippen LogP contribution in [0.15, 0.2) is 5.11 Å². The molecule has 88 valence electrons. The average molecular weight is 221 g/mol. The van der Waals surface area contributed by atoms with Gasteiger partial charge in [-0.1, -0.05) is 18.0 Å². The van der Waals surface area contributed by atoms with E-state index in [1.54, 1.807) is 0 Å². The van der Waals surface area contributed by atoms with Gasteiger partial charge in [0, 0.05) is 11.5 Å². The number of hydrogen-bond donors (Lipinski definition) is 1. The van der Waals surface area contributed by atoms with Gasteiger partial charge in [-0.05, 0) is 44.2 Å². The molecule has 1 aliphatic rings. The van der Waals surface area contributed by atoms with Crippen molar-refractivity contribution in [3.63, 3.8) is 0 Å². The zero-order valence-electron chi connectivity index (χ0n) is 9.82. The van der Waals surface area contributed by atoms with Crippen molar-refractivity contribution < 1.29 is 0 Å². The van der Waals surface area contributed by atoms with Gasteiger partial charge in [0.1, 0.15) is 5.54 Å². The highest BCUT2D eigenvalue weighted by atomic mass is 15.1. The molecule has 0 saturated heterocycles. The summed E-state index contributed by atoms with van der Waals surface area (Å²) in [6.45, 7) is 3.21. The van der Waals surface area contributed by atoms with Crippen molar-refractivity contribution >= 4 is 0 Å². The summed E-state index contributed by atoms with van der Waals surface area (Å²) in [4.78, 5) is 2.70. The Balaban J connectivity index is 2.35. The Morgan fingerprint density at radius 3 is 2.81 bits per heavy atom. The molecule has 5 heteroatoms. The molecule has 5 nitrogen and oxygen atoms in total. The molecular weight excluding hydrogens is 202 g/mol. The molecule has 0 heterocycles. The van der Waals surface area contributed by atoms with E-state index in [9.17, 15) is 5.26 Å². The van der Waals surface area contributed by atoms with Gasteiger partial charge in [-0.2, -0.15) is 5.26 Å². The molecule has 1 N–H and O–H groups in total. The van der Waals surface area contributed by atoms with Crippen LogP contribution in [0.1, 0.15) is 39.0 Å². The minimum Gasteiger partial charge on any atom is -0.299 e. The lowest BCUT2D eigenvalue weighted by Gasteiger charge is -2.29. The van der Waals surface area contributed by atoms with Gasteiger partial charge < -0.3 is 0 Å². The Kier molecular flexibility index (Phi) is 5.10. The van der Waals surface area contributed by atoms with Gasteiger partial charge in [0.05, 0.1) is 6.07 Å². The molecule has 0 radical (unpaired) electrons. The van der Waals surface area contributed by atoms with Crippen molar-refractivity contribution in [1.29, 1.82) is 5.26 Å². The zero-order chi connectivity index (χ0) is 11.9. The predicted molar refractivity (Wildman–Crippen MR) is 62.6 cm³/mol. The fourth-order valence-electron chi connectivity index (χ4n) is 2.32. The van der Waals surface area contributed by atoms with Gasteiger partial charge in [-0.25, -0.2) is 0 Å². The maximum atomic E-state index is 9.25. The van der Waals surface area contributed by atoms with E-state index in [0.29, 0.717) is 12.5 Å². The van der Waals surface area contributed by atoms with E-state index in [1.165, 1.54) is 12.8 Å². The van der Waals surface area contributed by atoms with Crippen LogP contribution in [0.3, 0.4) is 0 Å². The topological polar surface area (TPSA) is 84.6 Å². The summed E-state index contributed by atoms with van der Waals surface area (Å²) in [5.74, 6) is 0.469. The normalized spacial score (nSPS) is 19.8. The number of hydrogen-bond acceptors (Lipinski definition) is 3. The summed E-state index contributed by atoms with van der Waals surface area (Å²) in [7, 11) is 0. The zero-order valence-corrected chi connectivity index (χ0v) is 9.82. The number of nitrogens with zero attached hydrogens (tertiary/aromatic N) is 4. The molecule has 0 aromatic heterocycles. The van der Waals surface area contributed by atoms with Gasteiger partial charge in [0.2, 0.25) is 0 Å². The number of rotatable bonds is 6. The van der Waals surface area contributed by atoms with Crippen LogP contribution in [-0.2, 0) is 0 Å². The van der Waals surface area contributed by atoms with Crippen LogP contribution in [0.25, 0.3) is 10.4 Å². The Morgan fingerprint density at radius 2 is 2.25 bits per heavy atom. The minimum atomic E-state index is -0.410. The smallest absolute Gasteiger partial charge is 0.106 e. The lowest BCUT2D eigenvalue weighted by Crippen LogP contribution is -2.47. The Hall–Kier alpha value is -1.24. The molecule has 0 amide bonds. The molecule has 0 aromatic rings. The fraction of sp³-hybridized carbons (Fsp3) is 0.909. The van der Waals surface area contributed by atoms with Gasteiger partial charge in [-0.3, -0.25) is 5.32 Å². The monoisotopic (exact) mass is 221 g/mol. The van der Waals surface area contributed by atoms with Crippen molar-refractivity contribution in [3.05, 3.63) is 10.4 Å². The van der Waals surface area contributed by atoms with E-state index < -0.39 is 5.54 Å². The molecule has 0 spiro atoms. The van der Waals surface area contributed by atoms with E-state index in [4.69, 9.17) is 5.53 Å². The summed E-state index contributed by atoms with van der Waals surface area (Å²) in [6.07, 6.45) is 5.56. The van der Waals surface area contributed by atoms with Crippen LogP contribution in [0.4, 0.5) is 0 Å². The highest BCUT2D eigenvalue weighted by Gasteiger charge is 2.35. The third-order valence-electron chi connectivity index (χ3n) is 3.39. The van der Waals surface area contributed by atoms with E-state index >= 15 is 0 Å². The lowest BCUT2D eigenvalue weighted by atomic mass is 9.85. The Labute approximate surface area is 96.5 Å². The summed E-state index contributed by atoms with van der Waals surface area (Å²) in [5, 5.41) is 16.0. The van der Waals surface area contributed by atoms with Gasteiger partial charge >= 0.3 is 0 Å². The van der Waals surface area contributed by atoms with Gasteiger partial charge in [-0.15, -0.1) is 0 Å². The first-order chi connectivity index (χ1) is 7.73. The molecule has 0 bridgehead atoms. The van der Waals surface area contributed by atoms with Crippen molar-refractivity contribution in [3.8, 4) is 6.07 Å². The maximum Gasteiger partial charge on any atom is 0.106 e. The summed E-state index contributed by atoms with van der Waals surface area (Å²) in [6, 6.07) is 2.40. The molecule has 0 aliphatic heterocycles. The van der Waals surface area contributed by atoms with Gasteiger partial charge in [0.15, 0.2) is 0 Å². The molecule has 16 heavy (non-hydrogen) atoms. The first-order valence-corrected chi connectivity index (χ1v) is 5.90. The summed E-state index contributed by atoms with van der Waals surface area (Å²) < 4.78 is 0. The minimum absolute atomic E-state index is 0.410. The first-order valence-electron chi connectivity index (χ1n) is 5.90. The third-order valence-corrected chi connectivity index (χ3v) is 3.39. The predicted octanol–water partition coefficient (Wildman–Crippen LogP) is 2.75. The molecule has 1 unspecified atom stereocenters. The van der Waals surface area contributed by atoms with Crippen molar-refractivity contribution in [2.45, 2.75) is 44.6 Å². The number of azide groups is 1. The largest absolute Gasteiger partial charge is 0.299 e. The molecular formula is C11H19N5. The lowest BCUT2D eigenvalue weighted by molar-refractivity contribution is 0.301. The van der Waals surface area contributed by atoms with Crippen molar-refractivity contribution in [1.82, 2.24) is 5.32 Å². The van der Waals surface area contributed by atoms with E-state index in [0.717, 1.165) is 25.8 Å². The maximum absolute atomic E-state index is 9.25. The van der Waals surface area contributed by atoms with E-state index in [1.807, 2.05) is 6.92 Å². The molecule has 0 aromatic carbocycles. The highest BCUT2D eigenvalue weighted by Crippen LogP contribution is 2.33. The summed E-state index contributed by atoms with van der Waals surface area (Å²) >= 11 is 0. The quantitative estimate of drug-likeness (QED) is 0.323. The fourth-order valence-corrected chi connectivity index (χ4v) is 2.32.